The van der Waals surface area contributed by atoms with Crippen LogP contribution in [0, 0.1) is 6.58 Å². The highest BCUT2D eigenvalue weighted by atomic mass is 16.2. The summed E-state index contributed by atoms with van der Waals surface area (Å²) in [4.78, 5) is 0. The average molecular weight is 113 g/mol. The minimum Gasteiger partial charge on any atom is -0.396 e. The molecule has 0 aliphatic heterocycles. The van der Waals surface area contributed by atoms with Crippen LogP contribution in [0.4, 0.5) is 0 Å². The van der Waals surface area contributed by atoms with Crippen molar-refractivity contribution in [2.24, 2.45) is 0 Å². The van der Waals surface area contributed by atoms with Gasteiger partial charge in [0.05, 0.1) is 0 Å². The molecule has 0 aromatic rings. The Morgan fingerprint density at radius 2 is 2.12 bits per heavy atom. The van der Waals surface area contributed by atoms with Gasteiger partial charge in [0.15, 0.2) is 0 Å². The lowest BCUT2D eigenvalue weighted by molar-refractivity contribution is 0.298. The summed E-state index contributed by atoms with van der Waals surface area (Å²) < 4.78 is 0. The van der Waals surface area contributed by atoms with Crippen molar-refractivity contribution in [3.05, 3.63) is 12.2 Å². The molecule has 0 saturated heterocycles. The van der Waals surface area contributed by atoms with Crippen LogP contribution < -0.4 is 0 Å². The average Bonchev–Trinajstić information content (AvgIpc) is 1.68. The van der Waals surface area contributed by atoms with E-state index in [-0.39, 0.29) is 6.61 Å². The summed E-state index contributed by atoms with van der Waals surface area (Å²) >= 11 is 0. The van der Waals surface area contributed by atoms with E-state index in [4.69, 9.17) is 11.7 Å². The zero-order valence-electron chi connectivity index (χ0n) is 5.35. The molecule has 0 aromatic heterocycles. The topological polar surface area (TPSA) is 20.2 Å². The zero-order chi connectivity index (χ0) is 6.41. The number of hydrogen-bond acceptors (Lipinski definition) is 1. The van der Waals surface area contributed by atoms with Crippen molar-refractivity contribution < 1.29 is 5.11 Å². The molecule has 0 spiro atoms. The Bertz CT molecular complexity index is 58.8. The van der Waals surface area contributed by atoms with Gasteiger partial charge in [-0.2, -0.15) is 0 Å². The molecule has 0 atom stereocenters. The van der Waals surface area contributed by atoms with Gasteiger partial charge in [-0.05, 0) is 12.8 Å². The highest BCUT2D eigenvalue weighted by molar-refractivity contribution is 4.89. The lowest BCUT2D eigenvalue weighted by Gasteiger charge is -1.97. The molecule has 0 bridgehead atoms. The molecule has 1 N–H and O–H groups in total. The van der Waals surface area contributed by atoms with E-state index in [0.717, 1.165) is 18.4 Å². The van der Waals surface area contributed by atoms with Gasteiger partial charge in [-0.1, -0.05) is 25.5 Å². The van der Waals surface area contributed by atoms with Gasteiger partial charge in [-0.25, -0.2) is 0 Å². The van der Waals surface area contributed by atoms with Crippen LogP contribution in [0.25, 0.3) is 0 Å². The normalized spacial score (nSPS) is 9.25. The van der Waals surface area contributed by atoms with E-state index in [1.54, 1.807) is 0 Å². The van der Waals surface area contributed by atoms with Crippen LogP contribution in [0.3, 0.4) is 0 Å². The van der Waals surface area contributed by atoms with Crippen molar-refractivity contribution in [2.45, 2.75) is 26.2 Å². The van der Waals surface area contributed by atoms with Gasteiger partial charge in [0, 0.05) is 6.61 Å². The number of aliphatic hydroxyl groups is 1. The largest absolute Gasteiger partial charge is 0.396 e. The first-order valence-electron chi connectivity index (χ1n) is 3.02. The molecule has 0 aromatic carbocycles. The maximum absolute atomic E-state index is 8.36. The highest BCUT2D eigenvalue weighted by Gasteiger charge is 1.88. The standard InChI is InChI=1S/C7H13O/c1-3-4-7(2)5-6-8/h2,8H,3-6H2,1H3. The third kappa shape index (κ3) is 3.88. The molecule has 0 aliphatic carbocycles. The first-order chi connectivity index (χ1) is 3.81. The van der Waals surface area contributed by atoms with Crippen LogP contribution in [0.5, 0.6) is 0 Å². The van der Waals surface area contributed by atoms with Crippen LogP contribution in [0.15, 0.2) is 5.57 Å². The molecule has 47 valence electrons. The molecule has 1 heteroatoms. The SMILES string of the molecule is [CH]=C(CCC)CCO. The van der Waals surface area contributed by atoms with Gasteiger partial charge >= 0.3 is 0 Å². The second kappa shape index (κ2) is 4.85. The number of hydrogen-bond donors (Lipinski definition) is 1. The fraction of sp³-hybridized carbons (Fsp3) is 0.714. The van der Waals surface area contributed by atoms with Crippen LogP contribution in [0.2, 0.25) is 0 Å². The Balaban J connectivity index is 3.06. The first kappa shape index (κ1) is 7.70. The fourth-order valence-electron chi connectivity index (χ4n) is 0.590. The van der Waals surface area contributed by atoms with E-state index >= 15 is 0 Å². The summed E-state index contributed by atoms with van der Waals surface area (Å²) in [6.45, 7) is 7.71. The van der Waals surface area contributed by atoms with E-state index in [2.05, 4.69) is 6.92 Å². The van der Waals surface area contributed by atoms with Crippen LogP contribution in [-0.2, 0) is 0 Å². The van der Waals surface area contributed by atoms with Crippen molar-refractivity contribution in [3.8, 4) is 0 Å². The highest BCUT2D eigenvalue weighted by Crippen LogP contribution is 2.03. The van der Waals surface area contributed by atoms with Crippen LogP contribution >= 0.6 is 0 Å². The van der Waals surface area contributed by atoms with Crippen LogP contribution in [-0.4, -0.2) is 11.7 Å². The molecule has 0 aliphatic rings. The van der Waals surface area contributed by atoms with Gasteiger partial charge in [0.1, 0.15) is 0 Å². The summed E-state index contributed by atoms with van der Waals surface area (Å²) in [6, 6.07) is 0. The van der Waals surface area contributed by atoms with Crippen molar-refractivity contribution in [1.29, 1.82) is 0 Å². The van der Waals surface area contributed by atoms with E-state index < -0.39 is 0 Å². The molecule has 8 heavy (non-hydrogen) atoms. The van der Waals surface area contributed by atoms with E-state index in [1.165, 1.54) is 0 Å². The van der Waals surface area contributed by atoms with Crippen LogP contribution in [0.1, 0.15) is 26.2 Å². The molecular weight excluding hydrogens is 100 g/mol. The van der Waals surface area contributed by atoms with Gasteiger partial charge in [-0.15, -0.1) is 0 Å². The Labute approximate surface area is 51.0 Å². The molecule has 0 heterocycles. The Kier molecular flexibility index (Phi) is 4.67. The summed E-state index contributed by atoms with van der Waals surface area (Å²) in [5, 5.41) is 8.36. The Hall–Kier alpha value is -0.300. The minimum atomic E-state index is 0.186. The predicted molar refractivity (Wildman–Crippen MR) is 34.4 cm³/mol. The smallest absolute Gasteiger partial charge is 0.0468 e. The molecule has 1 radical (unpaired) electrons. The minimum absolute atomic E-state index is 0.186. The van der Waals surface area contributed by atoms with Crippen molar-refractivity contribution in [3.63, 3.8) is 0 Å². The van der Waals surface area contributed by atoms with E-state index in [1.807, 2.05) is 0 Å². The van der Waals surface area contributed by atoms with E-state index in [9.17, 15) is 0 Å². The lowest BCUT2D eigenvalue weighted by atomic mass is 10.1. The molecule has 0 saturated carbocycles. The maximum Gasteiger partial charge on any atom is 0.0468 e. The first-order valence-corrected chi connectivity index (χ1v) is 3.02. The Morgan fingerprint density at radius 3 is 2.50 bits per heavy atom. The summed E-state index contributed by atoms with van der Waals surface area (Å²) in [5.74, 6) is 0. The van der Waals surface area contributed by atoms with Crippen molar-refractivity contribution in [1.82, 2.24) is 0 Å². The third-order valence-electron chi connectivity index (χ3n) is 1.00. The van der Waals surface area contributed by atoms with Gasteiger partial charge < -0.3 is 5.11 Å². The molecular formula is C7H13O. The maximum atomic E-state index is 8.36. The predicted octanol–water partition coefficient (Wildman–Crippen LogP) is 1.53. The van der Waals surface area contributed by atoms with E-state index in [0.29, 0.717) is 6.42 Å². The number of rotatable bonds is 4. The summed E-state index contributed by atoms with van der Waals surface area (Å²) in [5.41, 5.74) is 0.912. The van der Waals surface area contributed by atoms with Crippen molar-refractivity contribution >= 4 is 0 Å². The molecule has 0 fully saturated rings. The molecule has 1 nitrogen and oxygen atoms in total. The Morgan fingerprint density at radius 1 is 1.50 bits per heavy atom. The van der Waals surface area contributed by atoms with Crippen molar-refractivity contribution in [2.75, 3.05) is 6.61 Å². The second-order valence-electron chi connectivity index (χ2n) is 1.88. The summed E-state index contributed by atoms with van der Waals surface area (Å²) in [6.07, 6.45) is 2.68. The molecule has 0 amide bonds. The second-order valence-corrected chi connectivity index (χ2v) is 1.88. The number of aliphatic hydroxyl groups excluding tert-OH is 1. The van der Waals surface area contributed by atoms with Gasteiger partial charge in [0.25, 0.3) is 0 Å². The zero-order valence-corrected chi connectivity index (χ0v) is 5.35. The third-order valence-corrected chi connectivity index (χ3v) is 1.00. The lowest BCUT2D eigenvalue weighted by Crippen LogP contribution is -1.85. The molecule has 0 unspecified atom stereocenters. The van der Waals surface area contributed by atoms with Gasteiger partial charge in [0.2, 0.25) is 0 Å². The molecule has 0 rings (SSSR count). The summed E-state index contributed by atoms with van der Waals surface area (Å²) in [7, 11) is 0. The van der Waals surface area contributed by atoms with Gasteiger partial charge in [-0.3, -0.25) is 0 Å². The fourth-order valence-corrected chi connectivity index (χ4v) is 0.590. The quantitative estimate of drug-likeness (QED) is 0.586. The monoisotopic (exact) mass is 113 g/mol.